The Balaban J connectivity index is 2.21. The van der Waals surface area contributed by atoms with Crippen LogP contribution < -0.4 is 0 Å². The molecule has 1 aromatic heterocycles. The van der Waals surface area contributed by atoms with Gasteiger partial charge in [-0.3, -0.25) is 4.98 Å². The smallest absolute Gasteiger partial charge is 0.0793 e. The predicted octanol–water partition coefficient (Wildman–Crippen LogP) is 4.17. The number of unbranched alkanes of at least 4 members (excludes halogenated alkanes) is 5. The van der Waals surface area contributed by atoms with Crippen molar-refractivity contribution in [1.82, 2.24) is 4.98 Å². The molecule has 2 nitrogen and oxygen atoms in total. The summed E-state index contributed by atoms with van der Waals surface area (Å²) in [6.45, 7) is 4.24. The Kier molecular flexibility index (Phi) is 6.87. The van der Waals surface area contributed by atoms with E-state index < -0.39 is 0 Å². The summed E-state index contributed by atoms with van der Waals surface area (Å²) >= 11 is 0. The first kappa shape index (κ1) is 14.2. The van der Waals surface area contributed by atoms with Crippen LogP contribution in [0.2, 0.25) is 0 Å². The molecule has 0 saturated heterocycles. The number of hydrogen-bond acceptors (Lipinski definition) is 2. The molecular weight excluding hydrogens is 210 g/mol. The van der Waals surface area contributed by atoms with Crippen LogP contribution in [-0.2, 0) is 0 Å². The van der Waals surface area contributed by atoms with Gasteiger partial charge in [0.2, 0.25) is 0 Å². The van der Waals surface area contributed by atoms with Gasteiger partial charge in [-0.05, 0) is 30.5 Å². The van der Waals surface area contributed by atoms with Crippen molar-refractivity contribution in [1.29, 1.82) is 0 Å². The van der Waals surface area contributed by atoms with Crippen LogP contribution in [0.3, 0.4) is 0 Å². The van der Waals surface area contributed by atoms with Gasteiger partial charge in [-0.25, -0.2) is 0 Å². The molecule has 0 bridgehead atoms. The number of aromatic nitrogens is 1. The summed E-state index contributed by atoms with van der Waals surface area (Å²) in [5.41, 5.74) is 2.12. The third kappa shape index (κ3) is 5.31. The van der Waals surface area contributed by atoms with Gasteiger partial charge in [0.25, 0.3) is 0 Å². The molecule has 0 amide bonds. The maximum atomic E-state index is 10.1. The van der Waals surface area contributed by atoms with Gasteiger partial charge in [-0.2, -0.15) is 0 Å². The van der Waals surface area contributed by atoms with Crippen molar-refractivity contribution < 1.29 is 5.11 Å². The van der Waals surface area contributed by atoms with Crippen LogP contribution in [0.5, 0.6) is 0 Å². The fraction of sp³-hybridized carbons (Fsp3) is 0.667. The summed E-state index contributed by atoms with van der Waals surface area (Å²) in [6.07, 6.45) is 11.8. The second-order valence-electron chi connectivity index (χ2n) is 4.80. The minimum atomic E-state index is -0.316. The van der Waals surface area contributed by atoms with E-state index in [0.29, 0.717) is 0 Å². The predicted molar refractivity (Wildman–Crippen MR) is 71.9 cm³/mol. The summed E-state index contributed by atoms with van der Waals surface area (Å²) in [5.74, 6) is 0. The lowest BCUT2D eigenvalue weighted by molar-refractivity contribution is 0.162. The first-order valence-electron chi connectivity index (χ1n) is 6.84. The van der Waals surface area contributed by atoms with E-state index in [-0.39, 0.29) is 6.10 Å². The fourth-order valence-electron chi connectivity index (χ4n) is 2.13. The first-order chi connectivity index (χ1) is 8.25. The zero-order valence-corrected chi connectivity index (χ0v) is 11.2. The van der Waals surface area contributed by atoms with E-state index in [1.54, 1.807) is 6.20 Å². The van der Waals surface area contributed by atoms with E-state index >= 15 is 0 Å². The highest BCUT2D eigenvalue weighted by Crippen LogP contribution is 2.22. The van der Waals surface area contributed by atoms with Crippen molar-refractivity contribution in [2.75, 3.05) is 0 Å². The lowest BCUT2D eigenvalue weighted by Crippen LogP contribution is -2.00. The van der Waals surface area contributed by atoms with Crippen molar-refractivity contribution in [2.45, 2.75) is 64.9 Å². The van der Waals surface area contributed by atoms with Gasteiger partial charge in [0.1, 0.15) is 0 Å². The molecule has 1 atom stereocenters. The molecule has 0 spiro atoms. The average molecular weight is 235 g/mol. The van der Waals surface area contributed by atoms with E-state index in [0.717, 1.165) is 24.0 Å². The van der Waals surface area contributed by atoms with E-state index in [2.05, 4.69) is 11.9 Å². The molecule has 0 aliphatic carbocycles. The number of aliphatic hydroxyl groups is 1. The van der Waals surface area contributed by atoms with Gasteiger partial charge in [0.15, 0.2) is 0 Å². The van der Waals surface area contributed by atoms with Crippen molar-refractivity contribution >= 4 is 0 Å². The molecule has 1 heterocycles. The highest BCUT2D eigenvalue weighted by Gasteiger charge is 2.09. The molecule has 0 saturated carbocycles. The van der Waals surface area contributed by atoms with Gasteiger partial charge in [0.05, 0.1) is 6.10 Å². The number of nitrogens with zero attached hydrogens (tertiary/aromatic N) is 1. The zero-order chi connectivity index (χ0) is 12.5. The number of aliphatic hydroxyl groups excluding tert-OH is 1. The number of aryl methyl sites for hydroxylation is 1. The van der Waals surface area contributed by atoms with Crippen LogP contribution in [-0.4, -0.2) is 10.1 Å². The Hall–Kier alpha value is -0.890. The third-order valence-electron chi connectivity index (χ3n) is 3.25. The summed E-state index contributed by atoms with van der Waals surface area (Å²) < 4.78 is 0. The summed E-state index contributed by atoms with van der Waals surface area (Å²) in [7, 11) is 0. The maximum absolute atomic E-state index is 10.1. The SMILES string of the molecule is CCCCCCCCC(O)c1ccncc1C. The Morgan fingerprint density at radius 2 is 1.88 bits per heavy atom. The molecule has 1 aromatic rings. The molecule has 1 N–H and O–H groups in total. The lowest BCUT2D eigenvalue weighted by Gasteiger charge is -2.12. The highest BCUT2D eigenvalue weighted by molar-refractivity contribution is 5.23. The van der Waals surface area contributed by atoms with Gasteiger partial charge in [0, 0.05) is 12.4 Å². The second-order valence-corrected chi connectivity index (χ2v) is 4.80. The van der Waals surface area contributed by atoms with Gasteiger partial charge in [-0.15, -0.1) is 0 Å². The van der Waals surface area contributed by atoms with Crippen LogP contribution in [0.4, 0.5) is 0 Å². The minimum Gasteiger partial charge on any atom is -0.388 e. The first-order valence-corrected chi connectivity index (χ1v) is 6.84. The third-order valence-corrected chi connectivity index (χ3v) is 3.25. The monoisotopic (exact) mass is 235 g/mol. The van der Waals surface area contributed by atoms with E-state index in [4.69, 9.17) is 0 Å². The van der Waals surface area contributed by atoms with Crippen LogP contribution >= 0.6 is 0 Å². The van der Waals surface area contributed by atoms with Crippen molar-refractivity contribution in [3.05, 3.63) is 29.6 Å². The molecular formula is C15H25NO. The van der Waals surface area contributed by atoms with Crippen LogP contribution in [0, 0.1) is 6.92 Å². The molecule has 17 heavy (non-hydrogen) atoms. The molecule has 0 aliphatic rings. The maximum Gasteiger partial charge on any atom is 0.0793 e. The van der Waals surface area contributed by atoms with Gasteiger partial charge >= 0.3 is 0 Å². The average Bonchev–Trinajstić information content (AvgIpc) is 2.34. The molecule has 2 heteroatoms. The Labute approximate surface area is 105 Å². The number of hydrogen-bond donors (Lipinski definition) is 1. The molecule has 0 aromatic carbocycles. The fourth-order valence-corrected chi connectivity index (χ4v) is 2.13. The standard InChI is InChI=1S/C15H25NO/c1-3-4-5-6-7-8-9-15(17)14-10-11-16-12-13(14)2/h10-12,15,17H,3-9H2,1-2H3. The molecule has 1 rings (SSSR count). The van der Waals surface area contributed by atoms with Gasteiger partial charge < -0.3 is 5.11 Å². The van der Waals surface area contributed by atoms with Crippen molar-refractivity contribution in [2.24, 2.45) is 0 Å². The van der Waals surface area contributed by atoms with Crippen LogP contribution in [0.25, 0.3) is 0 Å². The largest absolute Gasteiger partial charge is 0.388 e. The summed E-state index contributed by atoms with van der Waals surface area (Å²) in [6, 6.07) is 1.93. The van der Waals surface area contributed by atoms with Crippen LogP contribution in [0.1, 0.15) is 69.1 Å². The Morgan fingerprint density at radius 3 is 2.59 bits per heavy atom. The number of rotatable bonds is 8. The summed E-state index contributed by atoms with van der Waals surface area (Å²) in [4.78, 5) is 4.05. The molecule has 0 radical (unpaired) electrons. The quantitative estimate of drug-likeness (QED) is 0.686. The van der Waals surface area contributed by atoms with E-state index in [9.17, 15) is 5.11 Å². The molecule has 96 valence electrons. The highest BCUT2D eigenvalue weighted by atomic mass is 16.3. The Morgan fingerprint density at radius 1 is 1.18 bits per heavy atom. The van der Waals surface area contributed by atoms with Gasteiger partial charge in [-0.1, -0.05) is 45.4 Å². The number of pyridine rings is 1. The topological polar surface area (TPSA) is 33.1 Å². The molecule has 1 unspecified atom stereocenters. The molecule has 0 aliphatic heterocycles. The van der Waals surface area contributed by atoms with Crippen molar-refractivity contribution in [3.63, 3.8) is 0 Å². The van der Waals surface area contributed by atoms with E-state index in [1.807, 2.05) is 19.2 Å². The molecule has 0 fully saturated rings. The minimum absolute atomic E-state index is 0.316. The zero-order valence-electron chi connectivity index (χ0n) is 11.2. The van der Waals surface area contributed by atoms with E-state index in [1.165, 1.54) is 32.1 Å². The lowest BCUT2D eigenvalue weighted by atomic mass is 10.00. The summed E-state index contributed by atoms with van der Waals surface area (Å²) in [5, 5.41) is 10.1. The van der Waals surface area contributed by atoms with Crippen LogP contribution in [0.15, 0.2) is 18.5 Å². The second kappa shape index (κ2) is 8.24. The van der Waals surface area contributed by atoms with Crippen molar-refractivity contribution in [3.8, 4) is 0 Å². The Bertz CT molecular complexity index is 312. The normalized spacial score (nSPS) is 12.6.